The maximum atomic E-state index is 12.4. The first-order valence-corrected chi connectivity index (χ1v) is 23.2. The first-order chi connectivity index (χ1) is 34.2. The second kappa shape index (κ2) is 23.4. The number of aryl methyl sites for hydroxylation is 2. The van der Waals surface area contributed by atoms with E-state index in [0.717, 1.165) is 121 Å². The van der Waals surface area contributed by atoms with E-state index in [1.54, 1.807) is 12.1 Å². The molecule has 0 radical (unpaired) electrons. The average Bonchev–Trinajstić information content (AvgIpc) is 3.31. The fourth-order valence-corrected chi connectivity index (χ4v) is 8.33. The predicted octanol–water partition coefficient (Wildman–Crippen LogP) is 9.09. The summed E-state index contributed by atoms with van der Waals surface area (Å²) >= 11 is 11.9. The minimum absolute atomic E-state index is 0.0506. The van der Waals surface area contributed by atoms with E-state index in [-0.39, 0.29) is 34.8 Å². The number of β-amino-alcohol motifs (C(OH)–C–C–N with tert-alkyl or cyclic N) is 1. The van der Waals surface area contributed by atoms with Crippen LogP contribution in [-0.2, 0) is 9.59 Å². The van der Waals surface area contributed by atoms with Crippen molar-refractivity contribution in [2.24, 2.45) is 0 Å². The number of halogens is 8. The predicted molar refractivity (Wildman–Crippen MR) is 263 cm³/mol. The summed E-state index contributed by atoms with van der Waals surface area (Å²) in [6.07, 6.45) is -9.66. The Morgan fingerprint density at radius 2 is 1.03 bits per heavy atom. The highest BCUT2D eigenvalue weighted by Crippen LogP contribution is 2.34. The van der Waals surface area contributed by atoms with Crippen molar-refractivity contribution < 1.29 is 60.0 Å². The van der Waals surface area contributed by atoms with Crippen LogP contribution in [0.1, 0.15) is 11.1 Å². The van der Waals surface area contributed by atoms with Gasteiger partial charge >= 0.3 is 12.7 Å². The number of anilines is 4. The van der Waals surface area contributed by atoms with Crippen LogP contribution in [-0.4, -0.2) is 135 Å². The quantitative estimate of drug-likeness (QED) is 0.0890. The fourth-order valence-electron chi connectivity index (χ4n) is 7.88. The zero-order chi connectivity index (χ0) is 51.7. The van der Waals surface area contributed by atoms with Gasteiger partial charge in [-0.15, -0.1) is 26.3 Å². The molecule has 2 aromatic heterocycles. The molecule has 2 saturated heterocycles. The third-order valence-electron chi connectivity index (χ3n) is 11.5. The molecule has 0 bridgehead atoms. The van der Waals surface area contributed by atoms with Crippen LogP contribution in [0.5, 0.6) is 23.0 Å². The molecule has 23 heteroatoms. The number of carbonyl (C=O) groups is 2. The van der Waals surface area contributed by atoms with Gasteiger partial charge in [0.15, 0.2) is 13.2 Å². The first-order valence-electron chi connectivity index (χ1n) is 22.5. The molecule has 72 heavy (non-hydrogen) atoms. The van der Waals surface area contributed by atoms with Gasteiger partial charge in [-0.25, -0.2) is 9.97 Å². The molecule has 4 aromatic carbocycles. The van der Waals surface area contributed by atoms with Gasteiger partial charge in [0.2, 0.25) is 0 Å². The molecule has 0 spiro atoms. The van der Waals surface area contributed by atoms with Crippen LogP contribution in [0.2, 0.25) is 10.0 Å². The number of likely N-dealkylation sites (N-methyl/N-ethyl adjacent to an activating group) is 1. The summed E-state index contributed by atoms with van der Waals surface area (Å²) in [6, 6.07) is 21.4. The molecule has 0 unspecified atom stereocenters. The second-order valence-corrected chi connectivity index (χ2v) is 17.7. The van der Waals surface area contributed by atoms with Crippen molar-refractivity contribution in [1.29, 1.82) is 0 Å². The van der Waals surface area contributed by atoms with Crippen molar-refractivity contribution in [2.75, 3.05) is 106 Å². The molecular formula is C49H50Cl2F6N8O7. The molecule has 8 rings (SSSR count). The van der Waals surface area contributed by atoms with Crippen LogP contribution in [0.4, 0.5) is 49.4 Å². The normalized spacial score (nSPS) is 14.7. The number of rotatable bonds is 14. The third-order valence-corrected chi connectivity index (χ3v) is 12.1. The van der Waals surface area contributed by atoms with Gasteiger partial charge in [0.05, 0.1) is 27.7 Å². The third kappa shape index (κ3) is 15.0. The molecule has 2 fully saturated rings. The van der Waals surface area contributed by atoms with Crippen LogP contribution in [0, 0.1) is 13.8 Å². The van der Waals surface area contributed by atoms with Gasteiger partial charge in [-0.3, -0.25) is 14.5 Å². The van der Waals surface area contributed by atoms with Gasteiger partial charge in [-0.1, -0.05) is 23.2 Å². The summed E-state index contributed by atoms with van der Waals surface area (Å²) < 4.78 is 92.3. The Bertz CT molecular complexity index is 2880. The van der Waals surface area contributed by atoms with Crippen molar-refractivity contribution >= 4 is 79.8 Å². The highest BCUT2D eigenvalue weighted by Gasteiger charge is 2.32. The van der Waals surface area contributed by atoms with Crippen molar-refractivity contribution in [3.8, 4) is 23.0 Å². The standard InChI is InChI=1S/C25H26ClF3N4O4.C24H24ClF3N4O3/c1-16-12-23(33-8-6-32(7-9-33)10-11-34)31-21-4-2-17(13-19(16)21)30-24(35)15-36-22-5-3-18(14-20(22)26)37-25(27,28)29;1-15-11-22(32-9-7-31(2)8-10-32)30-20-5-3-16(12-18(15)20)29-23(33)14-34-21-6-4-17(13-19(21)25)35-24(26,27)28/h2-5,12-14,34H,6-11,15H2,1H3,(H,30,35);3-6,11-13H,7-10,14H2,1-2H3,(H,29,33). The van der Waals surface area contributed by atoms with E-state index in [1.165, 1.54) is 12.1 Å². The maximum absolute atomic E-state index is 12.4. The number of aromatic nitrogens is 2. The van der Waals surface area contributed by atoms with Crippen LogP contribution < -0.4 is 39.4 Å². The topological polar surface area (TPSA) is 154 Å². The van der Waals surface area contributed by atoms with Gasteiger partial charge < -0.3 is 49.4 Å². The van der Waals surface area contributed by atoms with Gasteiger partial charge in [0.1, 0.15) is 34.6 Å². The molecule has 2 aliphatic heterocycles. The van der Waals surface area contributed by atoms with E-state index in [4.69, 9.17) is 47.8 Å². The smallest absolute Gasteiger partial charge is 0.482 e. The van der Waals surface area contributed by atoms with Crippen molar-refractivity contribution in [1.82, 2.24) is 19.8 Å². The van der Waals surface area contributed by atoms with E-state index < -0.39 is 42.6 Å². The summed E-state index contributed by atoms with van der Waals surface area (Å²) in [4.78, 5) is 43.4. The average molecular weight is 1050 g/mol. The summed E-state index contributed by atoms with van der Waals surface area (Å²) in [6.45, 7) is 11.2. The number of aliphatic hydroxyl groups is 1. The van der Waals surface area contributed by atoms with Crippen LogP contribution in [0.25, 0.3) is 21.8 Å². The van der Waals surface area contributed by atoms with Crippen molar-refractivity contribution in [3.05, 3.63) is 106 Å². The number of fused-ring (bicyclic) bond motifs is 2. The summed E-state index contributed by atoms with van der Waals surface area (Å²) in [5.41, 5.74) is 4.82. The van der Waals surface area contributed by atoms with E-state index in [0.29, 0.717) is 17.9 Å². The lowest BCUT2D eigenvalue weighted by molar-refractivity contribution is -0.275. The molecule has 0 atom stereocenters. The van der Waals surface area contributed by atoms with E-state index in [2.05, 4.69) is 52.8 Å². The Hall–Kier alpha value is -6.52. The Balaban J connectivity index is 0.000000212. The number of ether oxygens (including phenoxy) is 4. The Kier molecular flexibility index (Phi) is 17.3. The molecule has 384 valence electrons. The van der Waals surface area contributed by atoms with Crippen LogP contribution >= 0.6 is 23.2 Å². The van der Waals surface area contributed by atoms with Crippen LogP contribution in [0.3, 0.4) is 0 Å². The lowest BCUT2D eigenvalue weighted by atomic mass is 10.1. The number of hydrogen-bond donors (Lipinski definition) is 3. The summed E-state index contributed by atoms with van der Waals surface area (Å²) in [5, 5.41) is 16.2. The number of aliphatic hydroxyl groups excluding tert-OH is 1. The fraction of sp³-hybridized carbons (Fsp3) is 0.347. The van der Waals surface area contributed by atoms with Gasteiger partial charge in [0.25, 0.3) is 11.8 Å². The number of benzene rings is 4. The number of piperazine rings is 2. The van der Waals surface area contributed by atoms with Gasteiger partial charge in [0, 0.05) is 93.2 Å². The minimum atomic E-state index is -4.84. The molecule has 6 aromatic rings. The number of pyridine rings is 2. The first kappa shape index (κ1) is 53.3. The number of nitrogens with one attached hydrogen (secondary N) is 2. The number of nitrogens with zero attached hydrogens (tertiary/aromatic N) is 6. The van der Waals surface area contributed by atoms with Gasteiger partial charge in [-0.05, 0) is 105 Å². The second-order valence-electron chi connectivity index (χ2n) is 16.9. The SMILES string of the molecule is Cc1cc(N2CCN(C)CC2)nc2ccc(NC(=O)COc3ccc(OC(F)(F)F)cc3Cl)cc12.Cc1cc(N2CCN(CCO)CC2)nc2ccc(NC(=O)COc3ccc(OC(F)(F)F)cc3Cl)cc12. The molecular weight excluding hydrogens is 997 g/mol. The Morgan fingerprint density at radius 3 is 1.42 bits per heavy atom. The summed E-state index contributed by atoms with van der Waals surface area (Å²) in [7, 11) is 2.11. The largest absolute Gasteiger partial charge is 0.573 e. The van der Waals surface area contributed by atoms with E-state index in [1.807, 2.05) is 44.2 Å². The van der Waals surface area contributed by atoms with Crippen LogP contribution in [0.15, 0.2) is 84.9 Å². The van der Waals surface area contributed by atoms with E-state index in [9.17, 15) is 35.9 Å². The zero-order valence-corrected chi connectivity index (χ0v) is 40.7. The number of amides is 2. The summed E-state index contributed by atoms with van der Waals surface area (Å²) in [5.74, 6) is 0.0710. The lowest BCUT2D eigenvalue weighted by Crippen LogP contribution is -2.47. The molecule has 2 aliphatic rings. The highest BCUT2D eigenvalue weighted by atomic mass is 35.5. The molecule has 0 saturated carbocycles. The van der Waals surface area contributed by atoms with Crippen molar-refractivity contribution in [3.63, 3.8) is 0 Å². The lowest BCUT2D eigenvalue weighted by Gasteiger charge is -2.35. The van der Waals surface area contributed by atoms with E-state index >= 15 is 0 Å². The number of hydrogen-bond acceptors (Lipinski definition) is 13. The Labute approximate surface area is 420 Å². The van der Waals surface area contributed by atoms with Crippen molar-refractivity contribution in [2.45, 2.75) is 26.6 Å². The minimum Gasteiger partial charge on any atom is -0.482 e. The Morgan fingerprint density at radius 1 is 0.611 bits per heavy atom. The molecule has 0 aliphatic carbocycles. The maximum Gasteiger partial charge on any atom is 0.573 e. The number of carbonyl (C=O) groups excluding carboxylic acids is 2. The molecule has 4 heterocycles. The molecule has 2 amide bonds. The molecule has 3 N–H and O–H groups in total. The highest BCUT2D eigenvalue weighted by molar-refractivity contribution is 6.32. The molecule has 15 nitrogen and oxygen atoms in total. The number of alkyl halides is 6. The zero-order valence-electron chi connectivity index (χ0n) is 39.2. The van der Waals surface area contributed by atoms with Gasteiger partial charge in [-0.2, -0.15) is 0 Å². The monoisotopic (exact) mass is 1050 g/mol.